The largest absolute Gasteiger partial charge is 0.396 e. The Kier molecular flexibility index (Phi) is 4.05. The fourth-order valence-corrected chi connectivity index (χ4v) is 3.49. The fraction of sp³-hybridized carbons (Fsp3) is 0.733. The van der Waals surface area contributed by atoms with Gasteiger partial charge in [0, 0.05) is 49.8 Å². The fourth-order valence-electron chi connectivity index (χ4n) is 3.49. The van der Waals surface area contributed by atoms with Crippen molar-refractivity contribution in [3.05, 3.63) is 18.2 Å². The van der Waals surface area contributed by atoms with E-state index in [-0.39, 0.29) is 30.4 Å². The van der Waals surface area contributed by atoms with Crippen LogP contribution in [0.2, 0.25) is 0 Å². The third-order valence-electron chi connectivity index (χ3n) is 4.79. The Hall–Kier alpha value is -1.36. The number of nitrogens with zero attached hydrogens (tertiary/aromatic N) is 2. The maximum Gasteiger partial charge on any atom is 0.223 e. The van der Waals surface area contributed by atoms with Crippen molar-refractivity contribution in [2.75, 3.05) is 6.61 Å². The molecule has 0 saturated heterocycles. The Morgan fingerprint density at radius 2 is 2.25 bits per heavy atom. The summed E-state index contributed by atoms with van der Waals surface area (Å²) in [5.41, 5.74) is 0. The minimum absolute atomic E-state index is 0.0335. The second kappa shape index (κ2) is 5.95. The molecule has 3 unspecified atom stereocenters. The topological polar surface area (TPSA) is 67.2 Å². The van der Waals surface area contributed by atoms with Crippen molar-refractivity contribution in [1.82, 2.24) is 14.9 Å². The van der Waals surface area contributed by atoms with Crippen molar-refractivity contribution in [3.63, 3.8) is 0 Å². The number of carbonyl (C=O) groups excluding carboxylic acids is 1. The first-order valence-corrected chi connectivity index (χ1v) is 7.69. The molecule has 1 amide bonds. The highest BCUT2D eigenvalue weighted by Gasteiger charge is 2.30. The quantitative estimate of drug-likeness (QED) is 0.870. The predicted octanol–water partition coefficient (Wildman–Crippen LogP) is 1.11. The average Bonchev–Trinajstić information content (AvgIpc) is 2.95. The number of imidazole rings is 1. The summed E-state index contributed by atoms with van der Waals surface area (Å²) in [5.74, 6) is 1.42. The molecule has 0 bridgehead atoms. The van der Waals surface area contributed by atoms with Crippen LogP contribution in [0.4, 0.5) is 0 Å². The van der Waals surface area contributed by atoms with Crippen molar-refractivity contribution >= 4 is 5.91 Å². The molecule has 0 radical (unpaired) electrons. The lowest BCUT2D eigenvalue weighted by Crippen LogP contribution is -2.46. The highest BCUT2D eigenvalue weighted by Crippen LogP contribution is 2.25. The summed E-state index contributed by atoms with van der Waals surface area (Å²) in [4.78, 5) is 16.7. The van der Waals surface area contributed by atoms with E-state index < -0.39 is 0 Å². The SMILES string of the molecule is O=C(NC1CCCCC1CO)C1CCn2ccnc2C1. The van der Waals surface area contributed by atoms with Gasteiger partial charge >= 0.3 is 0 Å². The summed E-state index contributed by atoms with van der Waals surface area (Å²) in [7, 11) is 0. The number of hydrogen-bond acceptors (Lipinski definition) is 3. The molecule has 1 aromatic heterocycles. The van der Waals surface area contributed by atoms with Gasteiger partial charge in [0.05, 0.1) is 0 Å². The lowest BCUT2D eigenvalue weighted by Gasteiger charge is -2.32. The van der Waals surface area contributed by atoms with E-state index in [0.29, 0.717) is 0 Å². The molecule has 5 heteroatoms. The van der Waals surface area contributed by atoms with Gasteiger partial charge < -0.3 is 15.0 Å². The number of aliphatic hydroxyl groups is 1. The minimum Gasteiger partial charge on any atom is -0.396 e. The zero-order valence-electron chi connectivity index (χ0n) is 11.8. The number of fused-ring (bicyclic) bond motifs is 1. The summed E-state index contributed by atoms with van der Waals surface area (Å²) >= 11 is 0. The Morgan fingerprint density at radius 1 is 1.40 bits per heavy atom. The summed E-state index contributed by atoms with van der Waals surface area (Å²) < 4.78 is 2.13. The third-order valence-corrected chi connectivity index (χ3v) is 4.79. The van der Waals surface area contributed by atoms with E-state index in [4.69, 9.17) is 0 Å². The second-order valence-electron chi connectivity index (χ2n) is 6.07. The van der Waals surface area contributed by atoms with Gasteiger partial charge in [-0.1, -0.05) is 12.8 Å². The third kappa shape index (κ3) is 2.73. The van der Waals surface area contributed by atoms with E-state index in [1.807, 2.05) is 6.20 Å². The second-order valence-corrected chi connectivity index (χ2v) is 6.07. The first-order valence-electron chi connectivity index (χ1n) is 7.69. The average molecular weight is 277 g/mol. The molecular weight excluding hydrogens is 254 g/mol. The summed E-state index contributed by atoms with van der Waals surface area (Å²) in [6.07, 6.45) is 9.73. The van der Waals surface area contributed by atoms with Crippen LogP contribution in [0.3, 0.4) is 0 Å². The molecule has 3 rings (SSSR count). The number of rotatable bonds is 3. The van der Waals surface area contributed by atoms with E-state index in [0.717, 1.165) is 44.5 Å². The monoisotopic (exact) mass is 277 g/mol. The standard InChI is InChI=1S/C15H23N3O2/c19-10-12-3-1-2-4-13(12)17-15(20)11-5-7-18-8-6-16-14(18)9-11/h6,8,11-13,19H,1-5,7,9-10H2,(H,17,20). The molecule has 2 heterocycles. The van der Waals surface area contributed by atoms with E-state index >= 15 is 0 Å². The van der Waals surface area contributed by atoms with Gasteiger partial charge in [0.2, 0.25) is 5.91 Å². The van der Waals surface area contributed by atoms with Crippen molar-refractivity contribution in [2.45, 2.75) is 51.1 Å². The van der Waals surface area contributed by atoms with Crippen LogP contribution in [0.15, 0.2) is 12.4 Å². The number of hydrogen-bond donors (Lipinski definition) is 2. The molecule has 20 heavy (non-hydrogen) atoms. The van der Waals surface area contributed by atoms with Gasteiger partial charge in [0.25, 0.3) is 0 Å². The first kappa shape index (κ1) is 13.6. The van der Waals surface area contributed by atoms with Gasteiger partial charge in [0.1, 0.15) is 5.82 Å². The molecule has 5 nitrogen and oxygen atoms in total. The van der Waals surface area contributed by atoms with Crippen LogP contribution in [-0.2, 0) is 17.8 Å². The van der Waals surface area contributed by atoms with Gasteiger partial charge in [-0.15, -0.1) is 0 Å². The molecule has 0 aromatic carbocycles. The van der Waals surface area contributed by atoms with Gasteiger partial charge in [0.15, 0.2) is 0 Å². The highest BCUT2D eigenvalue weighted by molar-refractivity contribution is 5.79. The van der Waals surface area contributed by atoms with E-state index in [9.17, 15) is 9.90 Å². The van der Waals surface area contributed by atoms with Gasteiger partial charge in [-0.05, 0) is 19.3 Å². The molecule has 2 aliphatic rings. The van der Waals surface area contributed by atoms with Crippen LogP contribution < -0.4 is 5.32 Å². The summed E-state index contributed by atoms with van der Waals surface area (Å²) in [6.45, 7) is 1.06. The van der Waals surface area contributed by atoms with E-state index in [1.165, 1.54) is 6.42 Å². The molecule has 0 spiro atoms. The van der Waals surface area contributed by atoms with Crippen LogP contribution in [-0.4, -0.2) is 33.2 Å². The first-order chi connectivity index (χ1) is 9.78. The Labute approximate surface area is 119 Å². The highest BCUT2D eigenvalue weighted by atomic mass is 16.3. The lowest BCUT2D eigenvalue weighted by molar-refractivity contribution is -0.127. The number of aromatic nitrogens is 2. The maximum absolute atomic E-state index is 12.4. The number of aliphatic hydroxyl groups excluding tert-OH is 1. The predicted molar refractivity (Wildman–Crippen MR) is 75.0 cm³/mol. The molecule has 3 atom stereocenters. The smallest absolute Gasteiger partial charge is 0.223 e. The Bertz CT molecular complexity index is 471. The minimum atomic E-state index is 0.0335. The van der Waals surface area contributed by atoms with Gasteiger partial charge in [-0.2, -0.15) is 0 Å². The molecule has 1 aliphatic heterocycles. The number of carbonyl (C=O) groups is 1. The lowest BCUT2D eigenvalue weighted by atomic mass is 9.84. The van der Waals surface area contributed by atoms with Crippen molar-refractivity contribution in [3.8, 4) is 0 Å². The normalized spacial score (nSPS) is 29.8. The zero-order chi connectivity index (χ0) is 13.9. The number of nitrogens with one attached hydrogen (secondary N) is 1. The van der Waals surface area contributed by atoms with Crippen LogP contribution in [0, 0.1) is 11.8 Å². The van der Waals surface area contributed by atoms with Crippen molar-refractivity contribution in [1.29, 1.82) is 0 Å². The Balaban J connectivity index is 1.59. The van der Waals surface area contributed by atoms with Crippen LogP contribution in [0.25, 0.3) is 0 Å². The van der Waals surface area contributed by atoms with Crippen LogP contribution in [0.1, 0.15) is 37.9 Å². The maximum atomic E-state index is 12.4. The number of amides is 1. The van der Waals surface area contributed by atoms with Crippen molar-refractivity contribution in [2.24, 2.45) is 11.8 Å². The van der Waals surface area contributed by atoms with Crippen LogP contribution in [0.5, 0.6) is 0 Å². The van der Waals surface area contributed by atoms with Crippen molar-refractivity contribution < 1.29 is 9.90 Å². The molecule has 1 saturated carbocycles. The zero-order valence-corrected chi connectivity index (χ0v) is 11.8. The molecular formula is C15H23N3O2. The molecule has 2 N–H and O–H groups in total. The van der Waals surface area contributed by atoms with E-state index in [1.54, 1.807) is 6.20 Å². The van der Waals surface area contributed by atoms with Crippen LogP contribution >= 0.6 is 0 Å². The summed E-state index contributed by atoms with van der Waals surface area (Å²) in [5, 5.41) is 12.6. The number of aryl methyl sites for hydroxylation is 1. The van der Waals surface area contributed by atoms with Gasteiger partial charge in [-0.25, -0.2) is 4.98 Å². The molecule has 1 fully saturated rings. The van der Waals surface area contributed by atoms with E-state index in [2.05, 4.69) is 14.9 Å². The molecule has 1 aromatic rings. The molecule has 110 valence electrons. The summed E-state index contributed by atoms with van der Waals surface area (Å²) in [6, 6.07) is 0.155. The van der Waals surface area contributed by atoms with Gasteiger partial charge in [-0.3, -0.25) is 4.79 Å². The molecule has 1 aliphatic carbocycles. The Morgan fingerprint density at radius 3 is 3.10 bits per heavy atom.